The van der Waals surface area contributed by atoms with Crippen molar-refractivity contribution < 1.29 is 9.32 Å². The van der Waals surface area contributed by atoms with Gasteiger partial charge in [0.15, 0.2) is 5.76 Å². The predicted octanol–water partition coefficient (Wildman–Crippen LogP) is 2.40. The van der Waals surface area contributed by atoms with E-state index in [0.717, 1.165) is 24.6 Å². The molecule has 1 aliphatic rings. The maximum atomic E-state index is 12.5. The van der Waals surface area contributed by atoms with Crippen LogP contribution < -0.4 is 5.32 Å². The Balaban J connectivity index is 1.62. The first-order chi connectivity index (χ1) is 11.6. The average Bonchev–Trinajstić information content (AvgIpc) is 3.03. The standard InChI is InChI=1S/C17H25N5O2/c1-11(2)16-15(12(3)21-24-16)17(23)18-9-8-14-20-19-13-7-5-4-6-10-22(13)14/h11H,4-10H2,1-3H3,(H,18,23). The minimum atomic E-state index is -0.131. The fourth-order valence-corrected chi connectivity index (χ4v) is 3.16. The van der Waals surface area contributed by atoms with Crippen LogP contribution in [-0.2, 0) is 19.4 Å². The van der Waals surface area contributed by atoms with E-state index in [1.165, 1.54) is 19.3 Å². The van der Waals surface area contributed by atoms with Crippen molar-refractivity contribution >= 4 is 5.91 Å². The molecule has 0 aliphatic carbocycles. The van der Waals surface area contributed by atoms with E-state index in [2.05, 4.69) is 25.2 Å². The summed E-state index contributed by atoms with van der Waals surface area (Å²) in [5.74, 6) is 2.66. The molecule has 0 aromatic carbocycles. The zero-order valence-electron chi connectivity index (χ0n) is 14.6. The van der Waals surface area contributed by atoms with Crippen LogP contribution in [0.5, 0.6) is 0 Å². The Morgan fingerprint density at radius 3 is 2.92 bits per heavy atom. The highest BCUT2D eigenvalue weighted by Gasteiger charge is 2.22. The molecule has 0 atom stereocenters. The van der Waals surface area contributed by atoms with E-state index >= 15 is 0 Å². The van der Waals surface area contributed by atoms with Gasteiger partial charge in [0, 0.05) is 31.8 Å². The lowest BCUT2D eigenvalue weighted by molar-refractivity contribution is 0.0951. The Morgan fingerprint density at radius 2 is 2.12 bits per heavy atom. The van der Waals surface area contributed by atoms with Crippen LogP contribution in [0.1, 0.15) is 72.5 Å². The molecule has 0 spiro atoms. The van der Waals surface area contributed by atoms with Crippen molar-refractivity contribution in [2.24, 2.45) is 0 Å². The average molecular weight is 331 g/mol. The fourth-order valence-electron chi connectivity index (χ4n) is 3.16. The molecule has 0 saturated carbocycles. The molecule has 0 bridgehead atoms. The van der Waals surface area contributed by atoms with Gasteiger partial charge in [-0.1, -0.05) is 25.4 Å². The molecule has 0 fully saturated rings. The molecular formula is C17H25N5O2. The zero-order chi connectivity index (χ0) is 17.1. The lowest BCUT2D eigenvalue weighted by Crippen LogP contribution is -2.27. The number of carbonyl (C=O) groups excluding carboxylic acids is 1. The number of hydrogen-bond donors (Lipinski definition) is 1. The summed E-state index contributed by atoms with van der Waals surface area (Å²) in [6, 6.07) is 0. The maximum absolute atomic E-state index is 12.5. The zero-order valence-corrected chi connectivity index (χ0v) is 14.6. The third-order valence-electron chi connectivity index (χ3n) is 4.46. The summed E-state index contributed by atoms with van der Waals surface area (Å²) in [5, 5.41) is 15.5. The minimum absolute atomic E-state index is 0.124. The molecule has 2 aromatic rings. The molecule has 0 radical (unpaired) electrons. The molecule has 1 N–H and O–H groups in total. The molecule has 7 nitrogen and oxygen atoms in total. The van der Waals surface area contributed by atoms with Gasteiger partial charge in [0.25, 0.3) is 5.91 Å². The SMILES string of the molecule is Cc1noc(C(C)C)c1C(=O)NCCc1nnc2n1CCCCC2. The normalized spacial score (nSPS) is 14.5. The molecule has 0 saturated heterocycles. The van der Waals surface area contributed by atoms with Gasteiger partial charge in [-0.05, 0) is 19.8 Å². The van der Waals surface area contributed by atoms with E-state index in [0.29, 0.717) is 30.0 Å². The van der Waals surface area contributed by atoms with Crippen molar-refractivity contribution in [1.29, 1.82) is 0 Å². The van der Waals surface area contributed by atoms with Gasteiger partial charge < -0.3 is 14.4 Å². The van der Waals surface area contributed by atoms with Gasteiger partial charge in [0.2, 0.25) is 0 Å². The predicted molar refractivity (Wildman–Crippen MR) is 88.9 cm³/mol. The van der Waals surface area contributed by atoms with E-state index in [4.69, 9.17) is 4.52 Å². The van der Waals surface area contributed by atoms with Crippen molar-refractivity contribution in [3.05, 3.63) is 28.7 Å². The highest BCUT2D eigenvalue weighted by molar-refractivity contribution is 5.96. The Hall–Kier alpha value is -2.18. The summed E-state index contributed by atoms with van der Waals surface area (Å²) < 4.78 is 7.49. The van der Waals surface area contributed by atoms with E-state index in [1.54, 1.807) is 6.92 Å². The topological polar surface area (TPSA) is 85.8 Å². The minimum Gasteiger partial charge on any atom is -0.360 e. The first kappa shape index (κ1) is 16.7. The van der Waals surface area contributed by atoms with Gasteiger partial charge in [-0.25, -0.2) is 0 Å². The maximum Gasteiger partial charge on any atom is 0.256 e. The van der Waals surface area contributed by atoms with E-state index in [9.17, 15) is 4.79 Å². The number of hydrogen-bond acceptors (Lipinski definition) is 5. The van der Waals surface area contributed by atoms with Crippen LogP contribution in [0.15, 0.2) is 4.52 Å². The fraction of sp³-hybridized carbons (Fsp3) is 0.647. The number of aryl methyl sites for hydroxylation is 2. The Labute approximate surface area is 141 Å². The van der Waals surface area contributed by atoms with Gasteiger partial charge in [0.1, 0.15) is 17.2 Å². The van der Waals surface area contributed by atoms with Crippen molar-refractivity contribution in [1.82, 2.24) is 25.2 Å². The van der Waals surface area contributed by atoms with Gasteiger partial charge >= 0.3 is 0 Å². The van der Waals surface area contributed by atoms with Crippen LogP contribution >= 0.6 is 0 Å². The molecule has 3 rings (SSSR count). The molecule has 1 amide bonds. The summed E-state index contributed by atoms with van der Waals surface area (Å²) >= 11 is 0. The Morgan fingerprint density at radius 1 is 1.29 bits per heavy atom. The van der Waals surface area contributed by atoms with Crippen LogP contribution in [0.2, 0.25) is 0 Å². The quantitative estimate of drug-likeness (QED) is 0.909. The second-order valence-electron chi connectivity index (χ2n) is 6.66. The molecule has 0 unspecified atom stereocenters. The highest BCUT2D eigenvalue weighted by atomic mass is 16.5. The van der Waals surface area contributed by atoms with Crippen molar-refractivity contribution in [2.75, 3.05) is 6.54 Å². The monoisotopic (exact) mass is 331 g/mol. The third kappa shape index (κ3) is 3.34. The number of nitrogens with one attached hydrogen (secondary N) is 1. The van der Waals surface area contributed by atoms with E-state index in [1.807, 2.05) is 13.8 Å². The van der Waals surface area contributed by atoms with Gasteiger partial charge in [0.05, 0.1) is 5.69 Å². The number of nitrogens with zero attached hydrogens (tertiary/aromatic N) is 4. The van der Waals surface area contributed by atoms with Gasteiger partial charge in [-0.15, -0.1) is 10.2 Å². The van der Waals surface area contributed by atoms with Crippen LogP contribution in [0.25, 0.3) is 0 Å². The lowest BCUT2D eigenvalue weighted by Gasteiger charge is -2.09. The molecule has 24 heavy (non-hydrogen) atoms. The van der Waals surface area contributed by atoms with Crippen LogP contribution in [-0.4, -0.2) is 32.4 Å². The summed E-state index contributed by atoms with van der Waals surface area (Å²) in [7, 11) is 0. The Kier molecular flexibility index (Phi) is 4.97. The third-order valence-corrected chi connectivity index (χ3v) is 4.46. The number of carbonyl (C=O) groups is 1. The number of amides is 1. The lowest BCUT2D eigenvalue weighted by atomic mass is 10.0. The first-order valence-electron chi connectivity index (χ1n) is 8.73. The molecule has 3 heterocycles. The second kappa shape index (κ2) is 7.15. The molecule has 1 aliphatic heterocycles. The second-order valence-corrected chi connectivity index (χ2v) is 6.66. The highest BCUT2D eigenvalue weighted by Crippen LogP contribution is 2.22. The number of fused-ring (bicyclic) bond motifs is 1. The van der Waals surface area contributed by atoms with Crippen LogP contribution in [0.3, 0.4) is 0 Å². The van der Waals surface area contributed by atoms with Crippen molar-refractivity contribution in [3.63, 3.8) is 0 Å². The van der Waals surface area contributed by atoms with Crippen LogP contribution in [0.4, 0.5) is 0 Å². The van der Waals surface area contributed by atoms with Gasteiger partial charge in [-0.2, -0.15) is 0 Å². The van der Waals surface area contributed by atoms with E-state index < -0.39 is 0 Å². The molecule has 2 aromatic heterocycles. The summed E-state index contributed by atoms with van der Waals surface area (Å²) in [6.45, 7) is 7.28. The van der Waals surface area contributed by atoms with Crippen molar-refractivity contribution in [3.8, 4) is 0 Å². The molecule has 7 heteroatoms. The summed E-state index contributed by atoms with van der Waals surface area (Å²) in [5.41, 5.74) is 1.19. The number of rotatable bonds is 5. The Bertz CT molecular complexity index is 717. The summed E-state index contributed by atoms with van der Waals surface area (Å²) in [4.78, 5) is 12.5. The number of aromatic nitrogens is 4. The van der Waals surface area contributed by atoms with Gasteiger partial charge in [-0.3, -0.25) is 4.79 Å². The van der Waals surface area contributed by atoms with Crippen molar-refractivity contribution in [2.45, 2.75) is 65.3 Å². The largest absolute Gasteiger partial charge is 0.360 e. The smallest absolute Gasteiger partial charge is 0.256 e. The molecule has 130 valence electrons. The van der Waals surface area contributed by atoms with E-state index in [-0.39, 0.29) is 11.8 Å². The van der Waals surface area contributed by atoms with Crippen LogP contribution in [0, 0.1) is 6.92 Å². The molecular weight excluding hydrogens is 306 g/mol. The summed E-state index contributed by atoms with van der Waals surface area (Å²) in [6.07, 6.45) is 5.27. The first-order valence-corrected chi connectivity index (χ1v) is 8.73.